The molecule has 1 amide bonds. The summed E-state index contributed by atoms with van der Waals surface area (Å²) in [5.41, 5.74) is 0. The first-order chi connectivity index (χ1) is 10.5. The van der Waals surface area contributed by atoms with Gasteiger partial charge in [-0.2, -0.15) is 0 Å². The van der Waals surface area contributed by atoms with Crippen LogP contribution in [-0.4, -0.2) is 62.0 Å². The highest BCUT2D eigenvalue weighted by Gasteiger charge is 2.21. The Morgan fingerprint density at radius 2 is 1.73 bits per heavy atom. The van der Waals surface area contributed by atoms with Crippen molar-refractivity contribution in [2.75, 3.05) is 40.3 Å². The van der Waals surface area contributed by atoms with Crippen LogP contribution in [0.3, 0.4) is 0 Å². The number of hydrogen-bond donors (Lipinski definition) is 0. The molecule has 0 aliphatic heterocycles. The molecule has 0 aromatic carbocycles. The van der Waals surface area contributed by atoms with E-state index in [1.54, 1.807) is 6.92 Å². The first-order valence-corrected chi connectivity index (χ1v) is 8.61. The molecule has 1 aliphatic carbocycles. The Hall–Kier alpha value is -1.10. The number of ether oxygens (including phenoxy) is 1. The van der Waals surface area contributed by atoms with E-state index in [0.717, 1.165) is 6.54 Å². The molecule has 0 aromatic heterocycles. The minimum absolute atomic E-state index is 0.193. The van der Waals surface area contributed by atoms with Crippen molar-refractivity contribution in [2.45, 2.75) is 51.9 Å². The van der Waals surface area contributed by atoms with Gasteiger partial charge in [0.2, 0.25) is 5.91 Å². The molecule has 1 fully saturated rings. The highest BCUT2D eigenvalue weighted by molar-refractivity contribution is 5.77. The van der Waals surface area contributed by atoms with E-state index in [2.05, 4.69) is 4.90 Å². The van der Waals surface area contributed by atoms with E-state index >= 15 is 0 Å². The average Bonchev–Trinajstić information content (AvgIpc) is 2.48. The van der Waals surface area contributed by atoms with Crippen LogP contribution in [0.4, 0.5) is 0 Å². The number of carbonyl (C=O) groups is 2. The molecule has 0 radical (unpaired) electrons. The maximum atomic E-state index is 12.5. The van der Waals surface area contributed by atoms with E-state index in [-0.39, 0.29) is 18.3 Å². The van der Waals surface area contributed by atoms with Gasteiger partial charge in [-0.05, 0) is 39.8 Å². The molecule has 1 saturated carbocycles. The molecule has 0 heterocycles. The molecule has 22 heavy (non-hydrogen) atoms. The van der Waals surface area contributed by atoms with Crippen LogP contribution in [0.1, 0.15) is 51.9 Å². The van der Waals surface area contributed by atoms with Crippen molar-refractivity contribution in [2.24, 2.45) is 5.92 Å². The van der Waals surface area contributed by atoms with Gasteiger partial charge in [0.15, 0.2) is 0 Å². The first-order valence-electron chi connectivity index (χ1n) is 8.61. The lowest BCUT2D eigenvalue weighted by Gasteiger charge is -2.27. The van der Waals surface area contributed by atoms with E-state index in [0.29, 0.717) is 32.0 Å². The Morgan fingerprint density at radius 1 is 1.05 bits per heavy atom. The van der Waals surface area contributed by atoms with E-state index in [4.69, 9.17) is 4.74 Å². The van der Waals surface area contributed by atoms with Crippen LogP contribution in [0.5, 0.6) is 0 Å². The third-order valence-electron chi connectivity index (χ3n) is 4.25. The fraction of sp³-hybridized carbons (Fsp3) is 0.882. The number of amides is 1. The standard InChI is InChI=1S/C17H32N2O3/c1-4-22-17(21)10-11-19(13-12-18(2)3)16(20)14-15-8-6-5-7-9-15/h15H,4-14H2,1-3H3. The Kier molecular flexibility index (Phi) is 9.13. The summed E-state index contributed by atoms with van der Waals surface area (Å²) in [6.45, 7) is 4.16. The minimum Gasteiger partial charge on any atom is -0.466 e. The van der Waals surface area contributed by atoms with Gasteiger partial charge in [-0.3, -0.25) is 9.59 Å². The zero-order chi connectivity index (χ0) is 16.4. The normalized spacial score (nSPS) is 15.8. The van der Waals surface area contributed by atoms with Gasteiger partial charge in [-0.25, -0.2) is 0 Å². The fourth-order valence-electron chi connectivity index (χ4n) is 2.91. The van der Waals surface area contributed by atoms with Crippen molar-refractivity contribution in [3.8, 4) is 0 Å². The van der Waals surface area contributed by atoms with Gasteiger partial charge in [-0.1, -0.05) is 19.3 Å². The smallest absolute Gasteiger partial charge is 0.307 e. The highest BCUT2D eigenvalue weighted by atomic mass is 16.5. The molecule has 5 heteroatoms. The molecular weight excluding hydrogens is 280 g/mol. The monoisotopic (exact) mass is 312 g/mol. The third-order valence-corrected chi connectivity index (χ3v) is 4.25. The summed E-state index contributed by atoms with van der Waals surface area (Å²) in [4.78, 5) is 28.0. The van der Waals surface area contributed by atoms with Crippen molar-refractivity contribution in [3.63, 3.8) is 0 Å². The largest absolute Gasteiger partial charge is 0.466 e. The number of likely N-dealkylation sites (N-methyl/N-ethyl adjacent to an activating group) is 1. The third kappa shape index (κ3) is 7.78. The maximum Gasteiger partial charge on any atom is 0.307 e. The predicted octanol–water partition coefficient (Wildman–Crippen LogP) is 2.30. The van der Waals surface area contributed by atoms with Crippen LogP contribution in [-0.2, 0) is 14.3 Å². The van der Waals surface area contributed by atoms with E-state index in [1.165, 1.54) is 32.1 Å². The lowest BCUT2D eigenvalue weighted by atomic mass is 9.86. The van der Waals surface area contributed by atoms with Crippen LogP contribution in [0, 0.1) is 5.92 Å². The van der Waals surface area contributed by atoms with Crippen LogP contribution in [0.15, 0.2) is 0 Å². The zero-order valence-electron chi connectivity index (χ0n) is 14.5. The summed E-state index contributed by atoms with van der Waals surface area (Å²) >= 11 is 0. The van der Waals surface area contributed by atoms with Gasteiger partial charge < -0.3 is 14.5 Å². The Labute approximate surface area is 135 Å². The zero-order valence-corrected chi connectivity index (χ0v) is 14.5. The second-order valence-electron chi connectivity index (χ2n) is 6.45. The summed E-state index contributed by atoms with van der Waals surface area (Å²) in [5, 5.41) is 0. The van der Waals surface area contributed by atoms with Gasteiger partial charge >= 0.3 is 5.97 Å². The van der Waals surface area contributed by atoms with Gasteiger partial charge in [0.1, 0.15) is 0 Å². The topological polar surface area (TPSA) is 49.9 Å². The molecule has 0 saturated heterocycles. The molecule has 5 nitrogen and oxygen atoms in total. The van der Waals surface area contributed by atoms with E-state index in [1.807, 2.05) is 19.0 Å². The number of nitrogens with zero attached hydrogens (tertiary/aromatic N) is 2. The van der Waals surface area contributed by atoms with Gasteiger partial charge in [0.25, 0.3) is 0 Å². The fourth-order valence-corrected chi connectivity index (χ4v) is 2.91. The summed E-state index contributed by atoms with van der Waals surface area (Å²) in [6.07, 6.45) is 7.07. The van der Waals surface area contributed by atoms with Crippen LogP contribution in [0.25, 0.3) is 0 Å². The predicted molar refractivity (Wildman–Crippen MR) is 87.6 cm³/mol. The van der Waals surface area contributed by atoms with Gasteiger partial charge in [0, 0.05) is 26.1 Å². The first kappa shape index (κ1) is 18.9. The SMILES string of the molecule is CCOC(=O)CCN(CCN(C)C)C(=O)CC1CCCCC1. The molecule has 1 rings (SSSR count). The maximum absolute atomic E-state index is 12.5. The van der Waals surface area contributed by atoms with Crippen molar-refractivity contribution >= 4 is 11.9 Å². The number of carbonyl (C=O) groups excluding carboxylic acids is 2. The summed E-state index contributed by atoms with van der Waals surface area (Å²) in [7, 11) is 3.99. The molecule has 0 N–H and O–H groups in total. The quantitative estimate of drug-likeness (QED) is 0.613. The summed E-state index contributed by atoms with van der Waals surface area (Å²) < 4.78 is 4.96. The summed E-state index contributed by atoms with van der Waals surface area (Å²) in [5.74, 6) is 0.506. The molecule has 0 aromatic rings. The molecule has 1 aliphatic rings. The van der Waals surface area contributed by atoms with Crippen LogP contribution < -0.4 is 0 Å². The number of hydrogen-bond acceptors (Lipinski definition) is 4. The molecule has 0 bridgehead atoms. The Balaban J connectivity index is 2.46. The highest BCUT2D eigenvalue weighted by Crippen LogP contribution is 2.26. The Bertz CT molecular complexity index is 339. The second-order valence-corrected chi connectivity index (χ2v) is 6.45. The van der Waals surface area contributed by atoms with Crippen molar-refractivity contribution in [3.05, 3.63) is 0 Å². The van der Waals surface area contributed by atoms with E-state index in [9.17, 15) is 9.59 Å². The lowest BCUT2D eigenvalue weighted by molar-refractivity contribution is -0.144. The van der Waals surface area contributed by atoms with Gasteiger partial charge in [0.05, 0.1) is 13.0 Å². The van der Waals surface area contributed by atoms with Crippen molar-refractivity contribution in [1.82, 2.24) is 9.80 Å². The van der Waals surface area contributed by atoms with Crippen LogP contribution >= 0.6 is 0 Å². The minimum atomic E-state index is -0.220. The molecule has 0 spiro atoms. The summed E-state index contributed by atoms with van der Waals surface area (Å²) in [6, 6.07) is 0. The number of rotatable bonds is 9. The molecule has 0 atom stereocenters. The van der Waals surface area contributed by atoms with Crippen molar-refractivity contribution < 1.29 is 14.3 Å². The van der Waals surface area contributed by atoms with E-state index < -0.39 is 0 Å². The van der Waals surface area contributed by atoms with Crippen LogP contribution in [0.2, 0.25) is 0 Å². The average molecular weight is 312 g/mol. The second kappa shape index (κ2) is 10.6. The Morgan fingerprint density at radius 3 is 2.32 bits per heavy atom. The van der Waals surface area contributed by atoms with Gasteiger partial charge in [-0.15, -0.1) is 0 Å². The van der Waals surface area contributed by atoms with Crippen molar-refractivity contribution in [1.29, 1.82) is 0 Å². The molecule has 0 unspecified atom stereocenters. The lowest BCUT2D eigenvalue weighted by Crippen LogP contribution is -2.39. The number of esters is 1. The molecular formula is C17H32N2O3. The molecule has 128 valence electrons.